The van der Waals surface area contributed by atoms with Gasteiger partial charge in [-0.1, -0.05) is 0 Å². The summed E-state index contributed by atoms with van der Waals surface area (Å²) in [5, 5.41) is 0. The molecule has 1 amide bonds. The van der Waals surface area contributed by atoms with Gasteiger partial charge < -0.3 is 14.5 Å². The van der Waals surface area contributed by atoms with E-state index in [1.165, 1.54) is 0 Å². The number of carbonyl (C=O) groups excluding carboxylic acids is 1. The van der Waals surface area contributed by atoms with E-state index in [0.717, 1.165) is 0 Å². The minimum Gasteiger partial charge on any atom is -0.444 e. The number of likely N-dealkylation sites (tertiary alicyclic amines) is 1. The molecule has 0 aromatic carbocycles. The van der Waals surface area contributed by atoms with Crippen LogP contribution in [-0.2, 0) is 4.74 Å². The van der Waals surface area contributed by atoms with Crippen molar-refractivity contribution in [2.75, 3.05) is 31.1 Å². The molecule has 23 heavy (non-hydrogen) atoms. The van der Waals surface area contributed by atoms with Crippen LogP contribution in [0.4, 0.5) is 10.7 Å². The molecule has 2 atom stereocenters. The predicted molar refractivity (Wildman–Crippen MR) is 88.5 cm³/mol. The van der Waals surface area contributed by atoms with E-state index in [0.29, 0.717) is 26.2 Å². The van der Waals surface area contributed by atoms with Gasteiger partial charge in [-0.25, -0.2) is 14.8 Å². The Hall–Kier alpha value is -1.85. The lowest BCUT2D eigenvalue weighted by molar-refractivity contribution is 0.0282. The molecule has 6 nitrogen and oxygen atoms in total. The number of carbonyl (C=O) groups is 1. The maximum Gasteiger partial charge on any atom is 0.410 e. The smallest absolute Gasteiger partial charge is 0.410 e. The molecule has 2 unspecified atom stereocenters. The summed E-state index contributed by atoms with van der Waals surface area (Å²) in [6.45, 7) is 1.88. The van der Waals surface area contributed by atoms with E-state index in [9.17, 15) is 4.79 Å². The predicted octanol–water partition coefficient (Wildman–Crippen LogP) is 2.40. The van der Waals surface area contributed by atoms with Gasteiger partial charge in [0.1, 0.15) is 5.60 Å². The number of ether oxygens (including phenoxy) is 1. The summed E-state index contributed by atoms with van der Waals surface area (Å²) in [5.41, 5.74) is -1.71. The quantitative estimate of drug-likeness (QED) is 0.793. The van der Waals surface area contributed by atoms with Gasteiger partial charge in [0, 0.05) is 57.6 Å². The van der Waals surface area contributed by atoms with E-state index in [2.05, 4.69) is 9.97 Å². The molecule has 0 spiro atoms. The van der Waals surface area contributed by atoms with Crippen LogP contribution in [0.1, 0.15) is 41.8 Å². The molecule has 126 valence electrons. The molecule has 6 heteroatoms. The van der Waals surface area contributed by atoms with Gasteiger partial charge in [-0.05, 0) is 40.5 Å². The lowest BCUT2D eigenvalue weighted by Crippen LogP contribution is -2.37. The molecule has 0 radical (unpaired) electrons. The zero-order chi connectivity index (χ0) is 22.6. The van der Waals surface area contributed by atoms with Gasteiger partial charge in [-0.2, -0.15) is 0 Å². The Kier molecular flexibility index (Phi) is 2.32. The fourth-order valence-electron chi connectivity index (χ4n) is 3.17. The fourth-order valence-corrected chi connectivity index (χ4v) is 3.17. The average molecular weight is 325 g/mol. The van der Waals surface area contributed by atoms with Gasteiger partial charge in [0.25, 0.3) is 0 Å². The number of anilines is 1. The van der Waals surface area contributed by atoms with Crippen molar-refractivity contribution in [2.45, 2.75) is 40.1 Å². The Morgan fingerprint density at radius 3 is 2.26 bits per heavy atom. The van der Waals surface area contributed by atoms with Crippen molar-refractivity contribution in [1.29, 1.82) is 0 Å². The SMILES string of the molecule is [2H]c1c(C([2H])([2H])[2H])nc(N2CC3CN(C(=O)OC(C)(C)C)CC3C2)nc1C([2H])([2H])[2H]. The van der Waals surface area contributed by atoms with Gasteiger partial charge >= 0.3 is 6.09 Å². The van der Waals surface area contributed by atoms with Crippen molar-refractivity contribution >= 4 is 12.0 Å². The molecule has 0 aliphatic carbocycles. The summed E-state index contributed by atoms with van der Waals surface area (Å²) >= 11 is 0. The van der Waals surface area contributed by atoms with E-state index in [4.69, 9.17) is 14.3 Å². The normalized spacial score (nSPS) is 29.6. The highest BCUT2D eigenvalue weighted by atomic mass is 16.6. The first-order chi connectivity index (χ1) is 13.6. The lowest BCUT2D eigenvalue weighted by atomic mass is 10.0. The third kappa shape index (κ3) is 3.57. The minimum absolute atomic E-state index is 0.00136. The van der Waals surface area contributed by atoms with E-state index in [1.54, 1.807) is 9.80 Å². The number of aryl methyl sites for hydroxylation is 2. The summed E-state index contributed by atoms with van der Waals surface area (Å²) in [6.07, 6.45) is -0.368. The average Bonchev–Trinajstić information content (AvgIpc) is 3.09. The largest absolute Gasteiger partial charge is 0.444 e. The van der Waals surface area contributed by atoms with Crippen LogP contribution in [0.25, 0.3) is 0 Å². The standard InChI is InChI=1S/C17H26N4O2/c1-11-6-12(2)19-15(18-11)20-7-13-9-21(10-14(13)8-20)16(22)23-17(3,4)5/h6,13-14H,7-10H2,1-5H3/i1D3,2D3,6D. The van der Waals surface area contributed by atoms with E-state index < -0.39 is 36.7 Å². The van der Waals surface area contributed by atoms with Crippen molar-refractivity contribution in [3.8, 4) is 0 Å². The Bertz CT molecular complexity index is 786. The van der Waals surface area contributed by atoms with E-state index >= 15 is 0 Å². The van der Waals surface area contributed by atoms with Gasteiger partial charge in [0.2, 0.25) is 5.95 Å². The number of hydrogen-bond donors (Lipinski definition) is 0. The molecule has 0 bridgehead atoms. The summed E-state index contributed by atoms with van der Waals surface area (Å²) in [5.74, 6) is 0.231. The number of amides is 1. The molecule has 3 heterocycles. The van der Waals surface area contributed by atoms with Crippen LogP contribution in [-0.4, -0.2) is 52.7 Å². The summed E-state index contributed by atoms with van der Waals surface area (Å²) < 4.78 is 59.1. The topological polar surface area (TPSA) is 58.6 Å². The third-order valence-electron chi connectivity index (χ3n) is 4.08. The van der Waals surface area contributed by atoms with E-state index in [1.807, 2.05) is 20.8 Å². The van der Waals surface area contributed by atoms with Crippen LogP contribution in [0.5, 0.6) is 0 Å². The molecule has 2 fully saturated rings. The molecule has 0 N–H and O–H groups in total. The number of hydrogen-bond acceptors (Lipinski definition) is 5. The van der Waals surface area contributed by atoms with Crippen molar-refractivity contribution in [2.24, 2.45) is 11.8 Å². The number of fused-ring (bicyclic) bond motifs is 1. The van der Waals surface area contributed by atoms with Crippen LogP contribution in [0.15, 0.2) is 6.04 Å². The molecule has 1 aromatic heterocycles. The summed E-state index contributed by atoms with van der Waals surface area (Å²) in [6, 6.07) is -0.672. The Morgan fingerprint density at radius 1 is 1.22 bits per heavy atom. The highest BCUT2D eigenvalue weighted by Crippen LogP contribution is 2.33. The highest BCUT2D eigenvalue weighted by Gasteiger charge is 2.43. The van der Waals surface area contributed by atoms with Crippen molar-refractivity contribution in [3.63, 3.8) is 0 Å². The Labute approximate surface area is 147 Å². The van der Waals surface area contributed by atoms with Crippen LogP contribution in [0.3, 0.4) is 0 Å². The number of aromatic nitrogens is 2. The summed E-state index contributed by atoms with van der Waals surface area (Å²) in [4.78, 5) is 23.8. The van der Waals surface area contributed by atoms with Gasteiger partial charge in [0.15, 0.2) is 0 Å². The first-order valence-corrected chi connectivity index (χ1v) is 7.69. The third-order valence-corrected chi connectivity index (χ3v) is 4.08. The van der Waals surface area contributed by atoms with Crippen LogP contribution in [0.2, 0.25) is 0 Å². The Morgan fingerprint density at radius 2 is 1.78 bits per heavy atom. The zero-order valence-electron chi connectivity index (χ0n) is 20.6. The number of nitrogens with zero attached hydrogens (tertiary/aromatic N) is 4. The first-order valence-electron chi connectivity index (χ1n) is 11.2. The maximum absolute atomic E-state index is 12.3. The second-order valence-corrected chi connectivity index (χ2v) is 7.16. The van der Waals surface area contributed by atoms with Crippen LogP contribution < -0.4 is 4.90 Å². The van der Waals surface area contributed by atoms with Crippen molar-refractivity contribution in [1.82, 2.24) is 14.9 Å². The second-order valence-electron chi connectivity index (χ2n) is 7.16. The first kappa shape index (κ1) is 9.45. The minimum atomic E-state index is -2.72. The maximum atomic E-state index is 12.3. The van der Waals surface area contributed by atoms with Crippen molar-refractivity contribution < 1.29 is 19.1 Å². The van der Waals surface area contributed by atoms with Gasteiger partial charge in [0.05, 0.1) is 1.37 Å². The second kappa shape index (κ2) is 5.65. The van der Waals surface area contributed by atoms with E-state index in [-0.39, 0.29) is 23.9 Å². The fraction of sp³-hybridized carbons (Fsp3) is 0.706. The van der Waals surface area contributed by atoms with Gasteiger partial charge in [-0.15, -0.1) is 0 Å². The Balaban J connectivity index is 1.81. The van der Waals surface area contributed by atoms with Gasteiger partial charge in [-0.3, -0.25) is 0 Å². The molecule has 2 aliphatic rings. The molecule has 0 saturated carbocycles. The monoisotopic (exact) mass is 325 g/mol. The molecular weight excluding hydrogens is 292 g/mol. The zero-order valence-corrected chi connectivity index (χ0v) is 13.6. The van der Waals surface area contributed by atoms with Crippen molar-refractivity contribution in [3.05, 3.63) is 17.4 Å². The molecule has 2 saturated heterocycles. The summed E-state index contributed by atoms with van der Waals surface area (Å²) in [7, 11) is 0. The molecule has 3 rings (SSSR count). The highest BCUT2D eigenvalue weighted by molar-refractivity contribution is 5.68. The lowest BCUT2D eigenvalue weighted by Gasteiger charge is -2.26. The molecule has 1 aromatic rings. The number of rotatable bonds is 1. The van der Waals surface area contributed by atoms with Crippen LogP contribution >= 0.6 is 0 Å². The molecule has 2 aliphatic heterocycles. The molecular formula is C17H26N4O2. The van der Waals surface area contributed by atoms with Crippen LogP contribution in [0, 0.1) is 25.5 Å².